The van der Waals surface area contributed by atoms with Crippen molar-refractivity contribution in [1.82, 2.24) is 25.1 Å². The third kappa shape index (κ3) is 4.84. The predicted molar refractivity (Wildman–Crippen MR) is 102 cm³/mol. The van der Waals surface area contributed by atoms with Gasteiger partial charge >= 0.3 is 0 Å². The Morgan fingerprint density at radius 2 is 1.93 bits per heavy atom. The van der Waals surface area contributed by atoms with Crippen molar-refractivity contribution in [3.05, 3.63) is 76.1 Å². The summed E-state index contributed by atoms with van der Waals surface area (Å²) in [7, 11) is 0. The SMILES string of the molecule is Cc1cc(=O)n(CC(=O)NCCc2nccc(-c3ccccc3)n2)nc1C. The molecular weight excluding hydrogens is 342 g/mol. The van der Waals surface area contributed by atoms with Crippen molar-refractivity contribution in [3.8, 4) is 11.3 Å². The van der Waals surface area contributed by atoms with Crippen LogP contribution in [-0.2, 0) is 17.8 Å². The molecule has 2 heterocycles. The Morgan fingerprint density at radius 1 is 1.15 bits per heavy atom. The zero-order chi connectivity index (χ0) is 19.2. The van der Waals surface area contributed by atoms with Crippen LogP contribution in [0.1, 0.15) is 17.1 Å². The van der Waals surface area contributed by atoms with E-state index in [0.717, 1.165) is 22.5 Å². The first-order chi connectivity index (χ1) is 13.0. The summed E-state index contributed by atoms with van der Waals surface area (Å²) < 4.78 is 1.17. The molecule has 0 fully saturated rings. The number of aryl methyl sites for hydroxylation is 2. The Balaban J connectivity index is 1.56. The van der Waals surface area contributed by atoms with Crippen molar-refractivity contribution in [2.45, 2.75) is 26.8 Å². The largest absolute Gasteiger partial charge is 0.354 e. The molecule has 1 amide bonds. The molecule has 1 N–H and O–H groups in total. The lowest BCUT2D eigenvalue weighted by atomic mass is 10.1. The number of rotatable bonds is 6. The van der Waals surface area contributed by atoms with Crippen molar-refractivity contribution in [3.63, 3.8) is 0 Å². The first-order valence-corrected chi connectivity index (χ1v) is 8.72. The molecule has 0 unspecified atom stereocenters. The molecule has 1 aromatic carbocycles. The standard InChI is InChI=1S/C20H21N5O2/c1-14-12-20(27)25(24-15(14)2)13-19(26)22-11-9-18-21-10-8-17(23-18)16-6-4-3-5-7-16/h3-8,10,12H,9,11,13H2,1-2H3,(H,22,26). The lowest BCUT2D eigenvalue weighted by Crippen LogP contribution is -2.35. The molecule has 0 saturated carbocycles. The number of aromatic nitrogens is 4. The van der Waals surface area contributed by atoms with Gasteiger partial charge in [0.1, 0.15) is 12.4 Å². The summed E-state index contributed by atoms with van der Waals surface area (Å²) in [6.45, 7) is 3.90. The molecule has 0 radical (unpaired) electrons. The summed E-state index contributed by atoms with van der Waals surface area (Å²) in [6.07, 6.45) is 2.21. The summed E-state index contributed by atoms with van der Waals surface area (Å²) in [5, 5.41) is 6.92. The number of benzene rings is 1. The van der Waals surface area contributed by atoms with Gasteiger partial charge in [-0.1, -0.05) is 30.3 Å². The van der Waals surface area contributed by atoms with E-state index in [1.165, 1.54) is 10.7 Å². The molecule has 2 aromatic heterocycles. The Hall–Kier alpha value is -3.35. The highest BCUT2D eigenvalue weighted by molar-refractivity contribution is 5.75. The van der Waals surface area contributed by atoms with E-state index in [4.69, 9.17) is 0 Å². The van der Waals surface area contributed by atoms with Gasteiger partial charge in [0.2, 0.25) is 5.91 Å². The third-order valence-electron chi connectivity index (χ3n) is 4.17. The normalized spacial score (nSPS) is 10.6. The van der Waals surface area contributed by atoms with Crippen LogP contribution in [-0.4, -0.2) is 32.2 Å². The second-order valence-electron chi connectivity index (χ2n) is 6.23. The van der Waals surface area contributed by atoms with Crippen molar-refractivity contribution in [1.29, 1.82) is 0 Å². The average molecular weight is 363 g/mol. The minimum atomic E-state index is -0.285. The third-order valence-corrected chi connectivity index (χ3v) is 4.17. The Kier molecular flexibility index (Phi) is 5.71. The van der Waals surface area contributed by atoms with Crippen LogP contribution in [0, 0.1) is 13.8 Å². The zero-order valence-electron chi connectivity index (χ0n) is 15.3. The number of nitrogens with one attached hydrogen (secondary N) is 1. The van der Waals surface area contributed by atoms with Crippen molar-refractivity contribution < 1.29 is 4.79 Å². The Morgan fingerprint density at radius 3 is 2.70 bits per heavy atom. The summed E-state index contributed by atoms with van der Waals surface area (Å²) in [4.78, 5) is 32.8. The fraction of sp³-hybridized carbons (Fsp3) is 0.250. The molecule has 3 rings (SSSR count). The quantitative estimate of drug-likeness (QED) is 0.720. The maximum absolute atomic E-state index is 12.1. The monoisotopic (exact) mass is 363 g/mol. The van der Waals surface area contributed by atoms with Gasteiger partial charge in [0.05, 0.1) is 11.4 Å². The van der Waals surface area contributed by atoms with Gasteiger partial charge in [-0.15, -0.1) is 0 Å². The smallest absolute Gasteiger partial charge is 0.267 e. The van der Waals surface area contributed by atoms with Crippen molar-refractivity contribution in [2.75, 3.05) is 6.54 Å². The molecule has 0 saturated heterocycles. The number of nitrogens with zero attached hydrogens (tertiary/aromatic N) is 4. The van der Waals surface area contributed by atoms with Gasteiger partial charge in [-0.05, 0) is 25.5 Å². The maximum Gasteiger partial charge on any atom is 0.267 e. The molecule has 27 heavy (non-hydrogen) atoms. The van der Waals surface area contributed by atoms with E-state index in [2.05, 4.69) is 20.4 Å². The van der Waals surface area contributed by atoms with Gasteiger partial charge < -0.3 is 5.32 Å². The molecule has 0 atom stereocenters. The lowest BCUT2D eigenvalue weighted by molar-refractivity contribution is -0.121. The number of carbonyl (C=O) groups is 1. The van der Waals surface area contributed by atoms with E-state index in [1.807, 2.05) is 43.3 Å². The molecular formula is C20H21N5O2. The van der Waals surface area contributed by atoms with Gasteiger partial charge in [-0.2, -0.15) is 5.10 Å². The van der Waals surface area contributed by atoms with E-state index >= 15 is 0 Å². The predicted octanol–water partition coefficient (Wildman–Crippen LogP) is 1.68. The summed E-state index contributed by atoms with van der Waals surface area (Å²) in [5.41, 5.74) is 3.12. The molecule has 7 heteroatoms. The molecule has 7 nitrogen and oxygen atoms in total. The molecule has 0 bridgehead atoms. The van der Waals surface area contributed by atoms with Gasteiger partial charge in [-0.25, -0.2) is 14.6 Å². The van der Waals surface area contributed by atoms with Crippen LogP contribution in [0.4, 0.5) is 0 Å². The van der Waals surface area contributed by atoms with E-state index in [0.29, 0.717) is 18.8 Å². The number of carbonyl (C=O) groups excluding carboxylic acids is 1. The Bertz CT molecular complexity index is 999. The minimum Gasteiger partial charge on any atom is -0.354 e. The summed E-state index contributed by atoms with van der Waals surface area (Å²) >= 11 is 0. The van der Waals surface area contributed by atoms with Gasteiger partial charge in [-0.3, -0.25) is 9.59 Å². The van der Waals surface area contributed by atoms with Crippen LogP contribution in [0.2, 0.25) is 0 Å². The topological polar surface area (TPSA) is 89.8 Å². The van der Waals surface area contributed by atoms with Crippen LogP contribution in [0.5, 0.6) is 0 Å². The molecule has 0 spiro atoms. The van der Waals surface area contributed by atoms with E-state index in [9.17, 15) is 9.59 Å². The van der Waals surface area contributed by atoms with E-state index < -0.39 is 0 Å². The van der Waals surface area contributed by atoms with E-state index in [-0.39, 0.29) is 18.0 Å². The molecule has 138 valence electrons. The summed E-state index contributed by atoms with van der Waals surface area (Å²) in [6, 6.07) is 13.2. The van der Waals surface area contributed by atoms with Crippen LogP contribution in [0.15, 0.2) is 53.5 Å². The fourth-order valence-electron chi connectivity index (χ4n) is 2.58. The Labute approximate surface area is 157 Å². The fourth-order valence-corrected chi connectivity index (χ4v) is 2.58. The molecule has 0 aliphatic heterocycles. The van der Waals surface area contributed by atoms with E-state index in [1.54, 1.807) is 13.1 Å². The minimum absolute atomic E-state index is 0.106. The van der Waals surface area contributed by atoms with Crippen LogP contribution < -0.4 is 10.9 Å². The second kappa shape index (κ2) is 8.35. The highest BCUT2D eigenvalue weighted by Crippen LogP contribution is 2.15. The van der Waals surface area contributed by atoms with Crippen LogP contribution in [0.25, 0.3) is 11.3 Å². The van der Waals surface area contributed by atoms with Gasteiger partial charge in [0.25, 0.3) is 5.56 Å². The summed E-state index contributed by atoms with van der Waals surface area (Å²) in [5.74, 6) is 0.380. The number of amides is 1. The highest BCUT2D eigenvalue weighted by atomic mass is 16.2. The second-order valence-corrected chi connectivity index (χ2v) is 6.23. The highest BCUT2D eigenvalue weighted by Gasteiger charge is 2.08. The average Bonchev–Trinajstić information content (AvgIpc) is 2.67. The maximum atomic E-state index is 12.1. The number of hydrogen-bond acceptors (Lipinski definition) is 5. The molecule has 0 aliphatic carbocycles. The first kappa shape index (κ1) is 18.4. The van der Waals surface area contributed by atoms with Crippen molar-refractivity contribution >= 4 is 5.91 Å². The number of hydrogen-bond donors (Lipinski definition) is 1. The van der Waals surface area contributed by atoms with Crippen LogP contribution in [0.3, 0.4) is 0 Å². The lowest BCUT2D eigenvalue weighted by Gasteiger charge is -2.08. The van der Waals surface area contributed by atoms with Crippen molar-refractivity contribution in [2.24, 2.45) is 0 Å². The zero-order valence-corrected chi connectivity index (χ0v) is 15.3. The van der Waals surface area contributed by atoms with Crippen LogP contribution >= 0.6 is 0 Å². The molecule has 0 aliphatic rings. The molecule has 3 aromatic rings. The first-order valence-electron chi connectivity index (χ1n) is 8.72. The van der Waals surface area contributed by atoms with Gasteiger partial charge in [0.15, 0.2) is 0 Å². The van der Waals surface area contributed by atoms with Gasteiger partial charge in [0, 0.05) is 30.8 Å².